The molecule has 0 saturated heterocycles. The molecule has 20 heavy (non-hydrogen) atoms. The fraction of sp³-hybridized carbons (Fsp3) is 0.471. The first-order valence-corrected chi connectivity index (χ1v) is 7.48. The number of aryl methyl sites for hydroxylation is 1. The maximum atomic E-state index is 5.24. The minimum Gasteiger partial charge on any atom is -0.449 e. The minimum atomic E-state index is 0.515. The monoisotopic (exact) mass is 272 g/mol. The number of benzene rings is 1. The van der Waals surface area contributed by atoms with Gasteiger partial charge in [-0.25, -0.2) is 4.98 Å². The summed E-state index contributed by atoms with van der Waals surface area (Å²) in [5.74, 6) is 0.701. The van der Waals surface area contributed by atoms with Gasteiger partial charge in [0.1, 0.15) is 12.0 Å². The summed E-state index contributed by atoms with van der Waals surface area (Å²) >= 11 is 0. The van der Waals surface area contributed by atoms with Gasteiger partial charge < -0.3 is 9.73 Å². The zero-order chi connectivity index (χ0) is 14.4. The van der Waals surface area contributed by atoms with Crippen LogP contribution < -0.4 is 5.32 Å². The number of hydrogen-bond acceptors (Lipinski definition) is 3. The zero-order valence-corrected chi connectivity index (χ0v) is 12.6. The van der Waals surface area contributed by atoms with Crippen molar-refractivity contribution in [2.24, 2.45) is 0 Å². The van der Waals surface area contributed by atoms with Crippen LogP contribution in [0.4, 0.5) is 5.69 Å². The molecule has 0 radical (unpaired) electrons. The Kier molecular flexibility index (Phi) is 5.22. The van der Waals surface area contributed by atoms with E-state index in [1.807, 2.05) is 6.92 Å². The van der Waals surface area contributed by atoms with Crippen molar-refractivity contribution in [2.45, 2.75) is 52.5 Å². The summed E-state index contributed by atoms with van der Waals surface area (Å²) in [7, 11) is 0. The number of hydrogen-bond donors (Lipinski definition) is 1. The molecular weight excluding hydrogens is 248 g/mol. The van der Waals surface area contributed by atoms with Gasteiger partial charge in [-0.2, -0.15) is 0 Å². The molecule has 0 spiro atoms. The molecule has 2 rings (SSSR count). The number of nitrogens with zero attached hydrogens (tertiary/aromatic N) is 1. The van der Waals surface area contributed by atoms with Gasteiger partial charge in [-0.1, -0.05) is 38.3 Å². The third-order valence-electron chi connectivity index (χ3n) is 3.45. The first-order valence-electron chi connectivity index (χ1n) is 7.48. The lowest BCUT2D eigenvalue weighted by Crippen LogP contribution is -2.14. The molecule has 2 aromatic rings. The van der Waals surface area contributed by atoms with Crippen molar-refractivity contribution in [3.63, 3.8) is 0 Å². The second-order valence-corrected chi connectivity index (χ2v) is 5.37. The summed E-state index contributed by atoms with van der Waals surface area (Å²) < 4.78 is 5.24. The van der Waals surface area contributed by atoms with E-state index in [1.54, 1.807) is 6.26 Å². The summed E-state index contributed by atoms with van der Waals surface area (Å²) in [5.41, 5.74) is 3.15. The third kappa shape index (κ3) is 4.12. The van der Waals surface area contributed by atoms with Crippen LogP contribution in [0.15, 0.2) is 34.9 Å². The molecular formula is C17H24N2O. The van der Waals surface area contributed by atoms with E-state index in [2.05, 4.69) is 48.4 Å². The number of unbranched alkanes of at least 4 members (excludes halogenated alkanes) is 2. The zero-order valence-electron chi connectivity index (χ0n) is 12.6. The van der Waals surface area contributed by atoms with Crippen LogP contribution in [-0.4, -0.2) is 11.0 Å². The highest BCUT2D eigenvalue weighted by Gasteiger charge is 2.05. The van der Waals surface area contributed by atoms with Gasteiger partial charge in [0.05, 0.1) is 0 Å². The molecule has 0 fully saturated rings. The molecule has 3 nitrogen and oxygen atoms in total. The van der Waals surface area contributed by atoms with Crippen LogP contribution in [0.25, 0.3) is 11.3 Å². The van der Waals surface area contributed by atoms with Crippen LogP contribution in [0.2, 0.25) is 0 Å². The molecule has 0 aliphatic heterocycles. The van der Waals surface area contributed by atoms with Crippen LogP contribution in [-0.2, 0) is 0 Å². The average Bonchev–Trinajstić information content (AvgIpc) is 2.86. The van der Waals surface area contributed by atoms with Crippen molar-refractivity contribution in [3.8, 4) is 11.3 Å². The molecule has 0 amide bonds. The standard InChI is InChI=1S/C17H24N2O/c1-4-5-6-7-13(2)18-16-10-8-15(9-11-16)17-12-20-14(3)19-17/h8-13,18H,4-7H2,1-3H3. The Labute approximate surface area is 121 Å². The Bertz CT molecular complexity index is 516. The predicted octanol–water partition coefficient (Wildman–Crippen LogP) is 5.03. The normalized spacial score (nSPS) is 12.3. The highest BCUT2D eigenvalue weighted by Crippen LogP contribution is 2.21. The van der Waals surface area contributed by atoms with Gasteiger partial charge in [-0.15, -0.1) is 0 Å². The van der Waals surface area contributed by atoms with Crippen molar-refractivity contribution in [2.75, 3.05) is 5.32 Å². The molecule has 108 valence electrons. The van der Waals surface area contributed by atoms with Crippen LogP contribution >= 0.6 is 0 Å². The predicted molar refractivity (Wildman–Crippen MR) is 83.9 cm³/mol. The van der Waals surface area contributed by atoms with Gasteiger partial charge in [0, 0.05) is 24.2 Å². The summed E-state index contributed by atoms with van der Waals surface area (Å²) in [6.07, 6.45) is 6.80. The lowest BCUT2D eigenvalue weighted by atomic mass is 10.1. The quantitative estimate of drug-likeness (QED) is 0.718. The molecule has 1 heterocycles. The molecule has 1 aromatic carbocycles. The average molecular weight is 272 g/mol. The van der Waals surface area contributed by atoms with Crippen molar-refractivity contribution < 1.29 is 4.42 Å². The van der Waals surface area contributed by atoms with E-state index in [9.17, 15) is 0 Å². The fourth-order valence-electron chi connectivity index (χ4n) is 2.29. The van der Waals surface area contributed by atoms with E-state index >= 15 is 0 Å². The van der Waals surface area contributed by atoms with Crippen LogP contribution in [0.5, 0.6) is 0 Å². The Morgan fingerprint density at radius 1 is 1.20 bits per heavy atom. The third-order valence-corrected chi connectivity index (χ3v) is 3.45. The van der Waals surface area contributed by atoms with Crippen LogP contribution in [0.1, 0.15) is 45.4 Å². The number of oxazole rings is 1. The smallest absolute Gasteiger partial charge is 0.191 e. The van der Waals surface area contributed by atoms with Crippen molar-refractivity contribution >= 4 is 5.69 Å². The molecule has 3 heteroatoms. The molecule has 1 N–H and O–H groups in total. The first-order chi connectivity index (χ1) is 9.69. The second-order valence-electron chi connectivity index (χ2n) is 5.37. The lowest BCUT2D eigenvalue weighted by Gasteiger charge is -2.15. The molecule has 0 bridgehead atoms. The van der Waals surface area contributed by atoms with Crippen LogP contribution in [0.3, 0.4) is 0 Å². The topological polar surface area (TPSA) is 38.1 Å². The number of rotatable bonds is 7. The van der Waals surface area contributed by atoms with Gasteiger partial charge in [0.25, 0.3) is 0 Å². The minimum absolute atomic E-state index is 0.515. The molecule has 1 unspecified atom stereocenters. The summed E-state index contributed by atoms with van der Waals surface area (Å²) in [6, 6.07) is 8.89. The van der Waals surface area contributed by atoms with E-state index in [4.69, 9.17) is 4.42 Å². The van der Waals surface area contributed by atoms with Gasteiger partial charge in [-0.3, -0.25) is 0 Å². The molecule has 0 aliphatic rings. The van der Waals surface area contributed by atoms with Gasteiger partial charge in [-0.05, 0) is 25.5 Å². The highest BCUT2D eigenvalue weighted by molar-refractivity contribution is 5.61. The molecule has 0 aliphatic carbocycles. The van der Waals surface area contributed by atoms with Gasteiger partial charge >= 0.3 is 0 Å². The summed E-state index contributed by atoms with van der Waals surface area (Å²) in [4.78, 5) is 4.33. The Hall–Kier alpha value is -1.77. The van der Waals surface area contributed by atoms with E-state index in [1.165, 1.54) is 25.7 Å². The maximum absolute atomic E-state index is 5.24. The lowest BCUT2D eigenvalue weighted by molar-refractivity contribution is 0.521. The SMILES string of the molecule is CCCCCC(C)Nc1ccc(-c2coc(C)n2)cc1. The van der Waals surface area contributed by atoms with Crippen molar-refractivity contribution in [1.29, 1.82) is 0 Å². The Morgan fingerprint density at radius 2 is 1.95 bits per heavy atom. The van der Waals surface area contributed by atoms with Crippen molar-refractivity contribution in [3.05, 3.63) is 36.4 Å². The molecule has 1 atom stereocenters. The van der Waals surface area contributed by atoms with E-state index in [0.29, 0.717) is 11.9 Å². The van der Waals surface area contributed by atoms with E-state index < -0.39 is 0 Å². The highest BCUT2D eigenvalue weighted by atomic mass is 16.3. The molecule has 1 aromatic heterocycles. The molecule has 0 saturated carbocycles. The van der Waals surface area contributed by atoms with Crippen molar-refractivity contribution in [1.82, 2.24) is 4.98 Å². The summed E-state index contributed by atoms with van der Waals surface area (Å²) in [5, 5.41) is 3.54. The number of aromatic nitrogens is 1. The van der Waals surface area contributed by atoms with E-state index in [-0.39, 0.29) is 0 Å². The maximum Gasteiger partial charge on any atom is 0.191 e. The number of anilines is 1. The second kappa shape index (κ2) is 7.13. The van der Waals surface area contributed by atoms with E-state index in [0.717, 1.165) is 16.9 Å². The van der Waals surface area contributed by atoms with Gasteiger partial charge in [0.15, 0.2) is 5.89 Å². The largest absolute Gasteiger partial charge is 0.449 e. The fourth-order valence-corrected chi connectivity index (χ4v) is 2.29. The first kappa shape index (κ1) is 14.6. The Morgan fingerprint density at radius 3 is 2.55 bits per heavy atom. The van der Waals surface area contributed by atoms with Gasteiger partial charge in [0.2, 0.25) is 0 Å². The number of nitrogens with one attached hydrogen (secondary N) is 1. The Balaban J connectivity index is 1.91. The van der Waals surface area contributed by atoms with Crippen LogP contribution in [0, 0.1) is 6.92 Å². The summed E-state index contributed by atoms with van der Waals surface area (Å²) in [6.45, 7) is 6.34.